The van der Waals surface area contributed by atoms with Crippen LogP contribution >= 0.6 is 11.6 Å². The van der Waals surface area contributed by atoms with Gasteiger partial charge in [0.1, 0.15) is 10.6 Å². The highest BCUT2D eigenvalue weighted by molar-refractivity contribution is 7.87. The van der Waals surface area contributed by atoms with Gasteiger partial charge in [-0.1, -0.05) is 11.6 Å². The van der Waals surface area contributed by atoms with Crippen molar-refractivity contribution in [3.05, 3.63) is 99.1 Å². The topological polar surface area (TPSA) is 104 Å². The number of carbonyl (C=O) groups excluding carboxylic acids is 1. The number of benzene rings is 3. The molecule has 0 aliphatic heterocycles. The summed E-state index contributed by atoms with van der Waals surface area (Å²) in [5.41, 5.74) is 0.558. The molecule has 0 spiro atoms. The first-order valence-electron chi connectivity index (χ1n) is 7.85. The van der Waals surface area contributed by atoms with Gasteiger partial charge >= 0.3 is 10.1 Å². The SMILES string of the molecule is O=C(c1ccc(Cl)cc1)c1ccc(OS(=O)(=O)c2ccc([N+](=O)[O-])cc2)cc1. The summed E-state index contributed by atoms with van der Waals surface area (Å²) in [5.74, 6) is -0.243. The molecule has 0 saturated carbocycles. The van der Waals surface area contributed by atoms with E-state index in [1.54, 1.807) is 24.3 Å². The fourth-order valence-corrected chi connectivity index (χ4v) is 3.40. The number of rotatable bonds is 6. The van der Waals surface area contributed by atoms with Crippen molar-refractivity contribution in [2.45, 2.75) is 4.90 Å². The summed E-state index contributed by atoms with van der Waals surface area (Å²) in [6, 6.07) is 16.3. The van der Waals surface area contributed by atoms with Crippen LogP contribution in [0.2, 0.25) is 5.02 Å². The summed E-state index contributed by atoms with van der Waals surface area (Å²) >= 11 is 5.80. The number of carbonyl (C=O) groups is 1. The van der Waals surface area contributed by atoms with Crippen molar-refractivity contribution in [2.75, 3.05) is 0 Å². The minimum atomic E-state index is -4.17. The van der Waals surface area contributed by atoms with Gasteiger partial charge in [0.2, 0.25) is 0 Å². The van der Waals surface area contributed by atoms with Crippen molar-refractivity contribution in [1.29, 1.82) is 0 Å². The Kier molecular flexibility index (Phi) is 5.43. The number of halogens is 1. The van der Waals surface area contributed by atoms with E-state index in [0.29, 0.717) is 16.1 Å². The van der Waals surface area contributed by atoms with Crippen LogP contribution in [0, 0.1) is 10.1 Å². The molecule has 0 heterocycles. The van der Waals surface area contributed by atoms with Crippen LogP contribution in [0.15, 0.2) is 77.7 Å². The predicted molar refractivity (Wildman–Crippen MR) is 102 cm³/mol. The minimum absolute atomic E-state index is 0.00556. The molecule has 0 aliphatic carbocycles. The zero-order chi connectivity index (χ0) is 20.3. The molecule has 0 atom stereocenters. The Morgan fingerprint density at radius 2 is 1.36 bits per heavy atom. The fraction of sp³-hybridized carbons (Fsp3) is 0. The second-order valence-corrected chi connectivity index (χ2v) is 7.63. The summed E-state index contributed by atoms with van der Waals surface area (Å²) < 4.78 is 29.6. The Bertz CT molecular complexity index is 1120. The first-order chi connectivity index (χ1) is 13.3. The Hall–Kier alpha value is -3.23. The normalized spacial score (nSPS) is 11.0. The van der Waals surface area contributed by atoms with E-state index >= 15 is 0 Å². The molecule has 9 heteroatoms. The van der Waals surface area contributed by atoms with E-state index in [1.807, 2.05) is 0 Å². The van der Waals surface area contributed by atoms with Gasteiger partial charge in [-0.2, -0.15) is 8.42 Å². The average molecular weight is 418 g/mol. The standard InChI is InChI=1S/C19H12ClNO6S/c20-15-5-1-13(2-6-15)19(22)14-3-9-17(10-4-14)27-28(25,26)18-11-7-16(8-12-18)21(23)24/h1-12H. The van der Waals surface area contributed by atoms with E-state index in [9.17, 15) is 23.3 Å². The number of nitro benzene ring substituents is 1. The predicted octanol–water partition coefficient (Wildman–Crippen LogP) is 4.25. The van der Waals surface area contributed by atoms with Crippen LogP contribution in [0.3, 0.4) is 0 Å². The lowest BCUT2D eigenvalue weighted by Crippen LogP contribution is -2.10. The second-order valence-electron chi connectivity index (χ2n) is 5.65. The number of hydrogen-bond acceptors (Lipinski definition) is 6. The Labute approximate surface area is 165 Å². The van der Waals surface area contributed by atoms with Gasteiger partial charge in [-0.25, -0.2) is 0 Å². The highest BCUT2D eigenvalue weighted by atomic mass is 35.5. The number of non-ortho nitro benzene ring substituents is 1. The summed E-state index contributed by atoms with van der Waals surface area (Å²) in [4.78, 5) is 22.2. The van der Waals surface area contributed by atoms with Gasteiger partial charge in [0, 0.05) is 28.3 Å². The van der Waals surface area contributed by atoms with E-state index < -0.39 is 15.0 Å². The minimum Gasteiger partial charge on any atom is -0.379 e. The zero-order valence-electron chi connectivity index (χ0n) is 14.1. The van der Waals surface area contributed by atoms with Gasteiger partial charge in [0.25, 0.3) is 5.69 Å². The molecule has 142 valence electrons. The van der Waals surface area contributed by atoms with E-state index in [1.165, 1.54) is 24.3 Å². The maximum Gasteiger partial charge on any atom is 0.339 e. The highest BCUT2D eigenvalue weighted by Gasteiger charge is 2.18. The molecule has 7 nitrogen and oxygen atoms in total. The van der Waals surface area contributed by atoms with Crippen LogP contribution in [-0.2, 0) is 10.1 Å². The smallest absolute Gasteiger partial charge is 0.339 e. The van der Waals surface area contributed by atoms with Crippen LogP contribution in [0.4, 0.5) is 5.69 Å². The summed E-state index contributed by atoms with van der Waals surface area (Å²) in [5, 5.41) is 11.2. The van der Waals surface area contributed by atoms with Crippen molar-refractivity contribution < 1.29 is 22.3 Å². The second kappa shape index (κ2) is 7.79. The average Bonchev–Trinajstić information content (AvgIpc) is 2.68. The molecule has 0 aromatic heterocycles. The Balaban J connectivity index is 1.77. The summed E-state index contributed by atoms with van der Waals surface area (Å²) in [7, 11) is -4.17. The van der Waals surface area contributed by atoms with E-state index in [0.717, 1.165) is 24.3 Å². The summed E-state index contributed by atoms with van der Waals surface area (Å²) in [6.45, 7) is 0. The molecule has 0 bridgehead atoms. The molecule has 0 radical (unpaired) electrons. The molecular weight excluding hydrogens is 406 g/mol. The molecule has 0 amide bonds. The Morgan fingerprint density at radius 3 is 1.86 bits per heavy atom. The van der Waals surface area contributed by atoms with Crippen molar-refractivity contribution in [3.63, 3.8) is 0 Å². The molecule has 0 aliphatic rings. The molecule has 3 aromatic carbocycles. The van der Waals surface area contributed by atoms with Gasteiger partial charge in [0.05, 0.1) is 4.92 Å². The third-order valence-electron chi connectivity index (χ3n) is 3.77. The lowest BCUT2D eigenvalue weighted by atomic mass is 10.0. The number of nitrogens with zero attached hydrogens (tertiary/aromatic N) is 1. The largest absolute Gasteiger partial charge is 0.379 e. The van der Waals surface area contributed by atoms with Crippen molar-refractivity contribution in [1.82, 2.24) is 0 Å². The van der Waals surface area contributed by atoms with Gasteiger partial charge in [0.15, 0.2) is 5.78 Å². The van der Waals surface area contributed by atoms with Crippen LogP contribution in [0.1, 0.15) is 15.9 Å². The van der Waals surface area contributed by atoms with E-state index in [2.05, 4.69) is 0 Å². The van der Waals surface area contributed by atoms with Gasteiger partial charge in [-0.15, -0.1) is 0 Å². The molecular formula is C19H12ClNO6S. The zero-order valence-corrected chi connectivity index (χ0v) is 15.7. The monoisotopic (exact) mass is 417 g/mol. The van der Waals surface area contributed by atoms with Crippen molar-refractivity contribution in [2.24, 2.45) is 0 Å². The van der Waals surface area contributed by atoms with Gasteiger partial charge < -0.3 is 4.18 Å². The number of hydrogen-bond donors (Lipinski definition) is 0. The lowest BCUT2D eigenvalue weighted by Gasteiger charge is -2.08. The van der Waals surface area contributed by atoms with Gasteiger partial charge in [-0.05, 0) is 60.7 Å². The molecule has 3 aromatic rings. The molecule has 28 heavy (non-hydrogen) atoms. The van der Waals surface area contributed by atoms with Crippen molar-refractivity contribution in [3.8, 4) is 5.75 Å². The van der Waals surface area contributed by atoms with Crippen LogP contribution < -0.4 is 4.18 Å². The molecule has 0 fully saturated rings. The maximum absolute atomic E-state index is 12.4. The maximum atomic E-state index is 12.4. The third-order valence-corrected chi connectivity index (χ3v) is 5.28. The molecule has 0 unspecified atom stereocenters. The fourth-order valence-electron chi connectivity index (χ4n) is 2.34. The molecule has 3 rings (SSSR count). The third kappa shape index (κ3) is 4.36. The Morgan fingerprint density at radius 1 is 0.857 bits per heavy atom. The van der Waals surface area contributed by atoms with Crippen LogP contribution in [-0.4, -0.2) is 19.1 Å². The van der Waals surface area contributed by atoms with Gasteiger partial charge in [-0.3, -0.25) is 14.9 Å². The van der Waals surface area contributed by atoms with Crippen LogP contribution in [0.25, 0.3) is 0 Å². The van der Waals surface area contributed by atoms with E-state index in [4.69, 9.17) is 15.8 Å². The number of ketones is 1. The molecule has 0 N–H and O–H groups in total. The lowest BCUT2D eigenvalue weighted by molar-refractivity contribution is -0.384. The molecule has 0 saturated heterocycles. The number of nitro groups is 1. The highest BCUT2D eigenvalue weighted by Crippen LogP contribution is 2.22. The first-order valence-corrected chi connectivity index (χ1v) is 9.64. The van der Waals surface area contributed by atoms with Crippen molar-refractivity contribution >= 4 is 33.2 Å². The van der Waals surface area contributed by atoms with E-state index in [-0.39, 0.29) is 22.1 Å². The van der Waals surface area contributed by atoms with Crippen LogP contribution in [0.5, 0.6) is 5.75 Å². The first kappa shape index (κ1) is 19.5. The summed E-state index contributed by atoms with van der Waals surface area (Å²) in [6.07, 6.45) is 0. The quantitative estimate of drug-likeness (QED) is 0.257.